The smallest absolute Gasteiger partial charge is 0.342 e. The van der Waals surface area contributed by atoms with E-state index in [-0.39, 0.29) is 85.5 Å². The summed E-state index contributed by atoms with van der Waals surface area (Å²) in [4.78, 5) is 82.3. The van der Waals surface area contributed by atoms with E-state index in [9.17, 15) is 28.8 Å². The first-order valence-electron chi connectivity index (χ1n) is 40.0. The van der Waals surface area contributed by atoms with Crippen molar-refractivity contribution in [3.8, 4) is 0 Å². The van der Waals surface area contributed by atoms with Gasteiger partial charge in [0.05, 0.1) is 60.9 Å². The summed E-state index contributed by atoms with van der Waals surface area (Å²) in [6, 6.07) is 30.3. The van der Waals surface area contributed by atoms with Gasteiger partial charge in [-0.25, -0.2) is 9.59 Å². The van der Waals surface area contributed by atoms with Crippen LogP contribution in [-0.4, -0.2) is 187 Å². The molecule has 0 radical (unpaired) electrons. The number of nitrogens with one attached hydrogen (secondary N) is 8. The molecule has 14 rings (SSSR count). The highest BCUT2D eigenvalue weighted by Gasteiger charge is 2.40. The lowest BCUT2D eigenvalue weighted by Crippen LogP contribution is -2.63. The summed E-state index contributed by atoms with van der Waals surface area (Å²) in [5.74, 6) is 5.95. The Kier molecular flexibility index (Phi) is 25.9. The molecule has 4 aliphatic carbocycles. The van der Waals surface area contributed by atoms with Gasteiger partial charge in [0.2, 0.25) is 17.7 Å². The monoisotopic (exact) mass is 1450 g/mol. The summed E-state index contributed by atoms with van der Waals surface area (Å²) in [7, 11) is 0. The molecule has 5 amide bonds. The second-order valence-electron chi connectivity index (χ2n) is 32.9. The van der Waals surface area contributed by atoms with Gasteiger partial charge in [-0.1, -0.05) is 111 Å². The predicted octanol–water partition coefficient (Wildman–Crippen LogP) is 12.2. The van der Waals surface area contributed by atoms with E-state index < -0.39 is 0 Å². The lowest BCUT2D eigenvalue weighted by Gasteiger charge is -2.47. The van der Waals surface area contributed by atoms with Crippen LogP contribution in [0.4, 0.5) is 27.0 Å². The van der Waals surface area contributed by atoms with E-state index in [0.717, 1.165) is 138 Å². The molecule has 7 fully saturated rings. The van der Waals surface area contributed by atoms with E-state index in [1.807, 2.05) is 101 Å². The maximum atomic E-state index is 12.7. The van der Waals surface area contributed by atoms with Gasteiger partial charge in [-0.3, -0.25) is 38.6 Å². The molecule has 3 aliphatic heterocycles. The number of amides is 5. The number of ketones is 1. The van der Waals surface area contributed by atoms with E-state index in [1.165, 1.54) is 98.4 Å². The number of hydrogen-bond donors (Lipinski definition) is 8. The number of benzene rings is 4. The van der Waals surface area contributed by atoms with Crippen molar-refractivity contribution in [1.29, 1.82) is 0 Å². The molecule has 8 N–H and O–H groups in total. The molecule has 0 unspecified atom stereocenters. The fraction of sp³-hybridized carbons (Fsp3) is 0.602. The first-order chi connectivity index (χ1) is 51.0. The summed E-state index contributed by atoms with van der Waals surface area (Å²) in [5.41, 5.74) is 6.98. The van der Waals surface area contributed by atoms with E-state index >= 15 is 0 Å². The lowest BCUT2D eigenvalue weighted by atomic mass is 9.72. The van der Waals surface area contributed by atoms with Gasteiger partial charge in [0.15, 0.2) is 17.5 Å². The predicted molar refractivity (Wildman–Crippen MR) is 422 cm³/mol. The summed E-state index contributed by atoms with van der Waals surface area (Å²) in [6.07, 6.45) is 22.1. The van der Waals surface area contributed by atoms with Crippen LogP contribution < -0.4 is 42.5 Å². The van der Waals surface area contributed by atoms with Gasteiger partial charge < -0.3 is 42.5 Å². The molecule has 572 valence electrons. The Balaban J connectivity index is 0.000000149. The molecule has 0 atom stereocenters. The van der Waals surface area contributed by atoms with Crippen LogP contribution in [0.1, 0.15) is 180 Å². The molecule has 4 aromatic carbocycles. The van der Waals surface area contributed by atoms with Crippen LogP contribution in [0.2, 0.25) is 0 Å². The van der Waals surface area contributed by atoms with Gasteiger partial charge in [-0.05, 0) is 198 Å². The standard InChI is InChI=1S/C29H44N6O2.C28H35N5O2.C26H40N6O2/c1-19(2)31-29(37)35-26-14-9-20(3)15-25(26)28(33-35)30-16-27(36)32-23-17-34(18-23)24-12-10-22(11-13-24)21-7-5-4-6-8-21;1-19-8-13-26-25(14-19)28(31-33(26)16-21-6-4-3-5-7-21)29-15-27(35)30-23-17-32(18-23)24-11-9-22(10-12-24)20(2)34;1-16(2)19-7-9-21(10-8-19)31-14-20(15-31)29-24(33)13-27-25-22-12-18(5)6-11-23(22)32(30-25)26(34)28-17(3)4/h9,14-15,19,21-24H,4-8,10-13,16-18H2,1-3H3,(H,30,33)(H,31,37)(H,32,36);3-8,13-14,22-24H,9-12,15-18H2,1-2H3,(H,29,31)(H,30,35);6,11-12,16-17,19-21H,7-10,13-15H2,1-5H3,(H,27,30)(H,28,34)(H,29,33). The number of rotatable bonds is 22. The zero-order valence-electron chi connectivity index (χ0n) is 64.7. The van der Waals surface area contributed by atoms with Crippen molar-refractivity contribution in [1.82, 2.24) is 70.6 Å². The van der Waals surface area contributed by atoms with Crippen LogP contribution in [0.5, 0.6) is 0 Å². The molecular formula is C83H119N17O6. The summed E-state index contributed by atoms with van der Waals surface area (Å²) < 4.78 is 4.74. The van der Waals surface area contributed by atoms with Crippen molar-refractivity contribution in [3.05, 3.63) is 107 Å². The minimum atomic E-state index is -0.279. The maximum absolute atomic E-state index is 12.7. The van der Waals surface area contributed by atoms with Gasteiger partial charge in [0, 0.05) is 91.6 Å². The number of nitrogens with zero attached hydrogens (tertiary/aromatic N) is 9. The Morgan fingerprint density at radius 1 is 0.434 bits per heavy atom. The average molecular weight is 1450 g/mol. The zero-order chi connectivity index (χ0) is 74.7. The second kappa shape index (κ2) is 35.5. The Morgan fingerprint density at radius 2 is 0.811 bits per heavy atom. The van der Waals surface area contributed by atoms with Crippen molar-refractivity contribution in [2.75, 3.05) is 74.9 Å². The first-order valence-corrected chi connectivity index (χ1v) is 40.0. The van der Waals surface area contributed by atoms with E-state index in [1.54, 1.807) is 6.92 Å². The summed E-state index contributed by atoms with van der Waals surface area (Å²) >= 11 is 0. The van der Waals surface area contributed by atoms with Gasteiger partial charge in [-0.15, -0.1) is 10.2 Å². The van der Waals surface area contributed by atoms with Crippen LogP contribution in [0.15, 0.2) is 84.9 Å². The van der Waals surface area contributed by atoms with Gasteiger partial charge in [0.25, 0.3) is 0 Å². The third-order valence-corrected chi connectivity index (χ3v) is 23.6. The number of hydrogen-bond acceptors (Lipinski definition) is 15. The minimum Gasteiger partial charge on any atom is -0.359 e. The molecule has 7 aliphatic rings. The molecular weight excluding hydrogens is 1330 g/mol. The van der Waals surface area contributed by atoms with Gasteiger partial charge in [-0.2, -0.15) is 14.5 Å². The van der Waals surface area contributed by atoms with Crippen molar-refractivity contribution >= 4 is 85.7 Å². The quantitative estimate of drug-likeness (QED) is 0.0314. The molecule has 23 nitrogen and oxygen atoms in total. The topological polar surface area (TPSA) is 262 Å². The van der Waals surface area contributed by atoms with Crippen molar-refractivity contribution in [2.24, 2.45) is 29.6 Å². The molecule has 0 spiro atoms. The summed E-state index contributed by atoms with van der Waals surface area (Å²) in [6.45, 7) is 26.8. The third-order valence-electron chi connectivity index (χ3n) is 23.6. The van der Waals surface area contributed by atoms with Crippen LogP contribution in [-0.2, 0) is 25.7 Å². The van der Waals surface area contributed by atoms with Gasteiger partial charge >= 0.3 is 12.1 Å². The third kappa shape index (κ3) is 19.8. The Bertz CT molecular complexity index is 4130. The van der Waals surface area contributed by atoms with Crippen LogP contribution >= 0.6 is 0 Å². The number of carbonyl (C=O) groups excluding carboxylic acids is 6. The van der Waals surface area contributed by atoms with Crippen LogP contribution in [0, 0.1) is 50.4 Å². The summed E-state index contributed by atoms with van der Waals surface area (Å²) in [5, 5.41) is 41.3. The number of aromatic nitrogens is 6. The molecule has 0 bridgehead atoms. The number of aryl methyl sites for hydroxylation is 3. The Hall–Kier alpha value is -8.41. The number of fused-ring (bicyclic) bond motifs is 3. The SMILES string of the molecule is CC(=O)C1CCC(N2CC(NC(=O)CNc3nn(Cc4ccccc4)c4ccc(C)cc34)C2)CC1.Cc1ccc2c(c1)c(NCC(=O)NC1CN(C3CCC(C(C)C)CC3)C1)nn2C(=O)NC(C)C.Cc1ccc2c(c1)c(NCC(=O)NC1CN(C3CCC(C4CCCCC4)CC3)C1)nn2C(=O)NC(C)C. The highest BCUT2D eigenvalue weighted by Crippen LogP contribution is 2.41. The molecule has 4 saturated carbocycles. The normalized spacial score (nSPS) is 22.1. The van der Waals surface area contributed by atoms with E-state index in [4.69, 9.17) is 5.10 Å². The molecule has 7 aromatic rings. The molecule has 3 saturated heterocycles. The Labute approximate surface area is 627 Å². The van der Waals surface area contributed by atoms with Crippen molar-refractivity contribution in [3.63, 3.8) is 0 Å². The molecule has 3 aromatic heterocycles. The fourth-order valence-electron chi connectivity index (χ4n) is 17.5. The highest BCUT2D eigenvalue weighted by atomic mass is 16.2. The largest absolute Gasteiger partial charge is 0.359 e. The van der Waals surface area contributed by atoms with Crippen molar-refractivity contribution < 1.29 is 28.8 Å². The van der Waals surface area contributed by atoms with Crippen molar-refractivity contribution in [2.45, 2.75) is 233 Å². The number of Topliss-reactive ketones (excluding diaryl/α,β-unsaturated/α-hetero) is 1. The highest BCUT2D eigenvalue weighted by molar-refractivity contribution is 5.99. The Morgan fingerprint density at radius 3 is 1.22 bits per heavy atom. The van der Waals surface area contributed by atoms with Gasteiger partial charge in [0.1, 0.15) is 5.78 Å². The van der Waals surface area contributed by atoms with E-state index in [2.05, 4.69) is 119 Å². The van der Waals surface area contributed by atoms with Crippen LogP contribution in [0.25, 0.3) is 32.7 Å². The molecule has 106 heavy (non-hydrogen) atoms. The second-order valence-corrected chi connectivity index (χ2v) is 32.9. The number of likely N-dealkylation sites (tertiary alicyclic amines) is 3. The van der Waals surface area contributed by atoms with E-state index in [0.29, 0.717) is 47.6 Å². The fourth-order valence-corrected chi connectivity index (χ4v) is 17.5. The minimum absolute atomic E-state index is 0.00616. The number of anilines is 3. The zero-order valence-corrected chi connectivity index (χ0v) is 64.7. The van der Waals surface area contributed by atoms with Crippen LogP contribution in [0.3, 0.4) is 0 Å². The molecule has 6 heterocycles. The number of carbonyl (C=O) groups is 6. The first kappa shape index (κ1) is 77.2. The maximum Gasteiger partial charge on any atom is 0.342 e. The average Bonchev–Trinajstić information content (AvgIpc) is 1.68. The molecule has 23 heteroatoms. The lowest BCUT2D eigenvalue weighted by molar-refractivity contribution is -0.123.